The lowest BCUT2D eigenvalue weighted by Gasteiger charge is -2.16. The molecule has 1 aromatic carbocycles. The van der Waals surface area contributed by atoms with Crippen molar-refractivity contribution in [3.8, 4) is 11.5 Å². The van der Waals surface area contributed by atoms with Gasteiger partial charge in [0, 0.05) is 5.56 Å². The molecule has 0 fully saturated rings. The highest BCUT2D eigenvalue weighted by Crippen LogP contribution is 2.40. The molecule has 2 aromatic rings. The van der Waals surface area contributed by atoms with Crippen LogP contribution in [0.2, 0.25) is 5.02 Å². The number of aliphatic hydroxyl groups is 1. The van der Waals surface area contributed by atoms with E-state index in [1.165, 1.54) is 11.3 Å². The van der Waals surface area contributed by atoms with Crippen LogP contribution in [-0.4, -0.2) is 19.3 Å². The third-order valence-corrected chi connectivity index (χ3v) is 4.03. The molecule has 2 rings (SSSR count). The zero-order valence-corrected chi connectivity index (χ0v) is 11.6. The molecule has 1 N–H and O–H groups in total. The standard InChI is InChI=1S/C13H13ClO3S/c1-16-10-5-3-4-8(12(10)17-2)11(15)13-9(14)6-7-18-13/h3-7,11,15H,1-2H3. The van der Waals surface area contributed by atoms with Crippen molar-refractivity contribution in [2.75, 3.05) is 14.2 Å². The van der Waals surface area contributed by atoms with Crippen LogP contribution in [0.25, 0.3) is 0 Å². The van der Waals surface area contributed by atoms with Gasteiger partial charge >= 0.3 is 0 Å². The Labute approximate surface area is 115 Å². The van der Waals surface area contributed by atoms with Crippen molar-refractivity contribution in [3.05, 3.63) is 45.1 Å². The van der Waals surface area contributed by atoms with Crippen molar-refractivity contribution in [1.82, 2.24) is 0 Å². The summed E-state index contributed by atoms with van der Waals surface area (Å²) in [6.45, 7) is 0. The summed E-state index contributed by atoms with van der Waals surface area (Å²) in [6, 6.07) is 7.14. The van der Waals surface area contributed by atoms with Crippen LogP contribution in [-0.2, 0) is 0 Å². The summed E-state index contributed by atoms with van der Waals surface area (Å²) >= 11 is 7.44. The lowest BCUT2D eigenvalue weighted by Crippen LogP contribution is -2.02. The maximum absolute atomic E-state index is 10.4. The van der Waals surface area contributed by atoms with Gasteiger partial charge in [0.1, 0.15) is 6.10 Å². The molecular formula is C13H13ClO3S. The summed E-state index contributed by atoms with van der Waals surface area (Å²) in [7, 11) is 3.11. The number of para-hydroxylation sites is 1. The highest BCUT2D eigenvalue weighted by Gasteiger charge is 2.21. The first-order valence-electron chi connectivity index (χ1n) is 5.31. The van der Waals surface area contributed by atoms with Crippen LogP contribution in [0.5, 0.6) is 11.5 Å². The van der Waals surface area contributed by atoms with E-state index in [-0.39, 0.29) is 0 Å². The van der Waals surface area contributed by atoms with Crippen LogP contribution in [0.4, 0.5) is 0 Å². The second-order valence-corrected chi connectivity index (χ2v) is 4.97. The van der Waals surface area contributed by atoms with Crippen molar-refractivity contribution in [2.45, 2.75) is 6.10 Å². The van der Waals surface area contributed by atoms with E-state index in [0.717, 1.165) is 0 Å². The van der Waals surface area contributed by atoms with Gasteiger partial charge in [-0.05, 0) is 17.5 Å². The number of hydrogen-bond acceptors (Lipinski definition) is 4. The van der Waals surface area contributed by atoms with Crippen molar-refractivity contribution in [1.29, 1.82) is 0 Å². The summed E-state index contributed by atoms with van der Waals surface area (Å²) < 4.78 is 10.5. The van der Waals surface area contributed by atoms with Crippen LogP contribution in [0.1, 0.15) is 16.5 Å². The Hall–Kier alpha value is -1.23. The van der Waals surface area contributed by atoms with Gasteiger partial charge in [-0.15, -0.1) is 11.3 Å². The maximum Gasteiger partial charge on any atom is 0.166 e. The van der Waals surface area contributed by atoms with Crippen LogP contribution >= 0.6 is 22.9 Å². The van der Waals surface area contributed by atoms with E-state index in [4.69, 9.17) is 21.1 Å². The molecule has 5 heteroatoms. The summed E-state index contributed by atoms with van der Waals surface area (Å²) in [5.41, 5.74) is 0.640. The lowest BCUT2D eigenvalue weighted by atomic mass is 10.1. The fourth-order valence-corrected chi connectivity index (χ4v) is 2.93. The number of aliphatic hydroxyl groups excluding tert-OH is 1. The Kier molecular flexibility index (Phi) is 4.11. The third kappa shape index (κ3) is 2.32. The minimum absolute atomic E-state index is 0.525. The van der Waals surface area contributed by atoms with Crippen molar-refractivity contribution >= 4 is 22.9 Å². The van der Waals surface area contributed by atoms with Gasteiger partial charge < -0.3 is 14.6 Å². The average molecular weight is 285 g/mol. The van der Waals surface area contributed by atoms with Gasteiger partial charge in [-0.1, -0.05) is 23.7 Å². The molecule has 0 bridgehead atoms. The predicted octanol–water partition coefficient (Wildman–Crippen LogP) is 3.50. The zero-order chi connectivity index (χ0) is 13.1. The Balaban J connectivity index is 2.48. The van der Waals surface area contributed by atoms with E-state index in [2.05, 4.69) is 0 Å². The van der Waals surface area contributed by atoms with Crippen LogP contribution in [0.3, 0.4) is 0 Å². The van der Waals surface area contributed by atoms with E-state index in [9.17, 15) is 5.11 Å². The Morgan fingerprint density at radius 2 is 2.00 bits per heavy atom. The number of halogens is 1. The van der Waals surface area contributed by atoms with Gasteiger partial charge in [0.05, 0.1) is 24.1 Å². The third-order valence-electron chi connectivity index (χ3n) is 2.62. The fraction of sp³-hybridized carbons (Fsp3) is 0.231. The first-order chi connectivity index (χ1) is 8.69. The molecule has 0 aliphatic heterocycles. The Morgan fingerprint density at radius 3 is 2.56 bits per heavy atom. The van der Waals surface area contributed by atoms with E-state index >= 15 is 0 Å². The molecule has 0 amide bonds. The molecule has 0 saturated heterocycles. The topological polar surface area (TPSA) is 38.7 Å². The minimum atomic E-state index is -0.817. The molecule has 0 radical (unpaired) electrons. The van der Waals surface area contributed by atoms with Gasteiger partial charge in [-0.25, -0.2) is 0 Å². The maximum atomic E-state index is 10.4. The number of benzene rings is 1. The van der Waals surface area contributed by atoms with E-state index in [1.54, 1.807) is 38.5 Å². The second-order valence-electron chi connectivity index (χ2n) is 3.62. The quantitative estimate of drug-likeness (QED) is 0.934. The molecule has 1 aromatic heterocycles. The van der Waals surface area contributed by atoms with Crippen LogP contribution in [0, 0.1) is 0 Å². The summed E-state index contributed by atoms with van der Waals surface area (Å²) in [6.07, 6.45) is -0.817. The molecule has 0 saturated carbocycles. The molecule has 0 aliphatic rings. The Bertz CT molecular complexity index is 539. The van der Waals surface area contributed by atoms with E-state index in [1.807, 2.05) is 5.38 Å². The molecule has 1 heterocycles. The monoisotopic (exact) mass is 284 g/mol. The minimum Gasteiger partial charge on any atom is -0.493 e. The SMILES string of the molecule is COc1cccc(C(O)c2sccc2Cl)c1OC. The normalized spacial score (nSPS) is 12.2. The number of methoxy groups -OCH3 is 2. The summed E-state index contributed by atoms with van der Waals surface area (Å²) in [5, 5.41) is 12.8. The number of hydrogen-bond donors (Lipinski definition) is 1. The van der Waals surface area contributed by atoms with Crippen LogP contribution < -0.4 is 9.47 Å². The smallest absolute Gasteiger partial charge is 0.166 e. The highest BCUT2D eigenvalue weighted by atomic mass is 35.5. The Morgan fingerprint density at radius 1 is 1.22 bits per heavy atom. The first kappa shape index (κ1) is 13.2. The van der Waals surface area contributed by atoms with Crippen molar-refractivity contribution in [3.63, 3.8) is 0 Å². The van der Waals surface area contributed by atoms with E-state index < -0.39 is 6.10 Å². The molecule has 1 atom stereocenters. The first-order valence-corrected chi connectivity index (χ1v) is 6.56. The van der Waals surface area contributed by atoms with Gasteiger partial charge in [-0.3, -0.25) is 0 Å². The molecular weight excluding hydrogens is 272 g/mol. The van der Waals surface area contributed by atoms with Gasteiger partial charge in [0.15, 0.2) is 11.5 Å². The van der Waals surface area contributed by atoms with Gasteiger partial charge in [0.2, 0.25) is 0 Å². The van der Waals surface area contributed by atoms with Crippen LogP contribution in [0.15, 0.2) is 29.6 Å². The number of ether oxygens (including phenoxy) is 2. The molecule has 0 spiro atoms. The molecule has 96 valence electrons. The van der Waals surface area contributed by atoms with Gasteiger partial charge in [-0.2, -0.15) is 0 Å². The summed E-state index contributed by atoms with van der Waals surface area (Å²) in [5.74, 6) is 1.11. The van der Waals surface area contributed by atoms with Gasteiger partial charge in [0.25, 0.3) is 0 Å². The highest BCUT2D eigenvalue weighted by molar-refractivity contribution is 7.10. The van der Waals surface area contributed by atoms with Crippen molar-refractivity contribution < 1.29 is 14.6 Å². The fourth-order valence-electron chi connectivity index (χ4n) is 1.77. The predicted molar refractivity (Wildman–Crippen MR) is 72.9 cm³/mol. The molecule has 18 heavy (non-hydrogen) atoms. The van der Waals surface area contributed by atoms with E-state index in [0.29, 0.717) is 27.0 Å². The molecule has 0 aliphatic carbocycles. The zero-order valence-electron chi connectivity index (χ0n) is 10.0. The molecule has 3 nitrogen and oxygen atoms in total. The largest absolute Gasteiger partial charge is 0.493 e. The second kappa shape index (κ2) is 5.61. The lowest BCUT2D eigenvalue weighted by molar-refractivity contribution is 0.217. The summed E-state index contributed by atoms with van der Waals surface area (Å²) in [4.78, 5) is 0.697. The van der Waals surface area contributed by atoms with Crippen molar-refractivity contribution in [2.24, 2.45) is 0 Å². The number of rotatable bonds is 4. The average Bonchev–Trinajstić information content (AvgIpc) is 2.83. The number of thiophene rings is 1. The molecule has 1 unspecified atom stereocenters.